The largest absolute Gasteiger partial charge is 0.383 e. The molecule has 0 saturated carbocycles. The summed E-state index contributed by atoms with van der Waals surface area (Å²) in [4.78, 5) is 56.7. The van der Waals surface area contributed by atoms with Gasteiger partial charge >= 0.3 is 5.96 Å². The fraction of sp³-hybridized carbons (Fsp3) is 0.522. The molecule has 4 saturated heterocycles. The number of nitrogens with two attached hydrogens (primary N) is 2. The lowest BCUT2D eigenvalue weighted by Crippen LogP contribution is -2.81. The average Bonchev–Trinajstić information content (AvgIpc) is 3.52. The van der Waals surface area contributed by atoms with Crippen molar-refractivity contribution in [1.29, 1.82) is 0 Å². The zero-order valence-corrected chi connectivity index (χ0v) is 19.4. The number of amides is 4. The minimum atomic E-state index is -0.783. The molecule has 4 amide bonds. The van der Waals surface area contributed by atoms with E-state index in [-0.39, 0.29) is 37.6 Å². The van der Waals surface area contributed by atoms with Crippen molar-refractivity contribution in [3.05, 3.63) is 37.5 Å². The first-order valence-electron chi connectivity index (χ1n) is 11.3. The zero-order valence-electron chi connectivity index (χ0n) is 19.4. The number of imide groups is 2. The van der Waals surface area contributed by atoms with Gasteiger partial charge in [0.2, 0.25) is 23.6 Å². The molecule has 0 aliphatic carbocycles. The van der Waals surface area contributed by atoms with E-state index >= 15 is 0 Å². The number of methoxy groups -OCH3 is 1. The van der Waals surface area contributed by atoms with E-state index in [2.05, 4.69) is 18.2 Å². The maximum Gasteiger partial charge on any atom is 0.340 e. The molecule has 4 aliphatic heterocycles. The van der Waals surface area contributed by atoms with E-state index in [0.717, 1.165) is 4.90 Å². The number of nitrogens with zero attached hydrogens (tertiary/aromatic N) is 2. The van der Waals surface area contributed by atoms with Crippen molar-refractivity contribution in [1.82, 2.24) is 9.80 Å². The van der Waals surface area contributed by atoms with Crippen LogP contribution in [-0.4, -0.2) is 90.7 Å². The van der Waals surface area contributed by atoms with Crippen LogP contribution in [0.3, 0.4) is 0 Å². The van der Waals surface area contributed by atoms with E-state index in [0.29, 0.717) is 0 Å². The van der Waals surface area contributed by atoms with Crippen LogP contribution in [0, 0.1) is 23.7 Å². The van der Waals surface area contributed by atoms with Gasteiger partial charge < -0.3 is 14.2 Å². The summed E-state index contributed by atoms with van der Waals surface area (Å²) in [5.74, 6) is -4.56. The van der Waals surface area contributed by atoms with Gasteiger partial charge in [-0.15, -0.1) is 13.2 Å². The molecule has 4 fully saturated rings. The van der Waals surface area contributed by atoms with Crippen LogP contribution >= 0.6 is 0 Å². The molecule has 0 aromatic rings. The van der Waals surface area contributed by atoms with Gasteiger partial charge in [0.05, 0.1) is 61.2 Å². The molecule has 35 heavy (non-hydrogen) atoms. The monoisotopic (exact) mass is 488 g/mol. The molecule has 5 N–H and O–H groups in total. The molecule has 0 spiro atoms. The number of rotatable bonds is 9. The smallest absolute Gasteiger partial charge is 0.340 e. The number of hydrogen-bond acceptors (Lipinski definition) is 7. The average molecular weight is 489 g/mol. The minimum Gasteiger partial charge on any atom is -0.383 e. The molecule has 12 heteroatoms. The second-order valence-electron chi connectivity index (χ2n) is 8.81. The zero-order chi connectivity index (χ0) is 25.4. The Balaban J connectivity index is 1.56. The van der Waals surface area contributed by atoms with Crippen molar-refractivity contribution in [2.45, 2.75) is 24.4 Å². The van der Waals surface area contributed by atoms with Gasteiger partial charge in [0, 0.05) is 7.11 Å². The highest BCUT2D eigenvalue weighted by atomic mass is 16.5. The van der Waals surface area contributed by atoms with Crippen LogP contribution in [0.2, 0.25) is 0 Å². The quantitative estimate of drug-likeness (QED) is 0.130. The van der Waals surface area contributed by atoms with Gasteiger partial charge in [-0.3, -0.25) is 45.4 Å². The Kier molecular flexibility index (Phi) is 6.88. The fourth-order valence-corrected chi connectivity index (χ4v) is 5.32. The minimum absolute atomic E-state index is 0.115. The molecule has 0 radical (unpaired) electrons. The second kappa shape index (κ2) is 9.72. The van der Waals surface area contributed by atoms with Crippen LogP contribution in [-0.2, 0) is 33.4 Å². The standard InChI is InChI=1S/C23H29N5O7/c1-4-11-15-17(20(30)27(19(15)29)8-9-33-3)13(34-11)6-7-14-18-16(12(5-2)35-14)21(31)28(22(18)32)10-26-23(24)25/h4-7,11-18H,1-2,8-10H2,3H3,(H4,24,25,26)/p+1/b7-6-. The number of hydrogen-bond donors (Lipinski definition) is 3. The third kappa shape index (κ3) is 4.07. The van der Waals surface area contributed by atoms with Gasteiger partial charge in [-0.25, -0.2) is 0 Å². The maximum absolute atomic E-state index is 13.1. The van der Waals surface area contributed by atoms with Crippen molar-refractivity contribution < 1.29 is 38.4 Å². The van der Waals surface area contributed by atoms with Gasteiger partial charge in [-0.05, 0) is 0 Å². The molecule has 188 valence electrons. The maximum atomic E-state index is 13.1. The lowest BCUT2D eigenvalue weighted by Gasteiger charge is -2.20. The molecule has 4 heterocycles. The predicted molar refractivity (Wildman–Crippen MR) is 120 cm³/mol. The third-order valence-corrected chi connectivity index (χ3v) is 6.94. The lowest BCUT2D eigenvalue weighted by molar-refractivity contribution is -0.477. The van der Waals surface area contributed by atoms with E-state index in [1.807, 2.05) is 0 Å². The molecular formula is C23H30N5O7+. The summed E-state index contributed by atoms with van der Waals surface area (Å²) in [6.45, 7) is 7.69. The first-order chi connectivity index (χ1) is 16.7. The van der Waals surface area contributed by atoms with E-state index in [4.69, 9.17) is 25.7 Å². The topological polar surface area (TPSA) is 168 Å². The van der Waals surface area contributed by atoms with Gasteiger partial charge in [-0.1, -0.05) is 24.3 Å². The summed E-state index contributed by atoms with van der Waals surface area (Å²) in [7, 11) is 1.49. The fourth-order valence-electron chi connectivity index (χ4n) is 5.32. The summed E-state index contributed by atoms with van der Waals surface area (Å²) in [5.41, 5.74) is 10.8. The van der Waals surface area contributed by atoms with Gasteiger partial charge in [0.15, 0.2) is 0 Å². The molecule has 12 nitrogen and oxygen atoms in total. The van der Waals surface area contributed by atoms with Crippen LogP contribution in [0.1, 0.15) is 0 Å². The van der Waals surface area contributed by atoms with E-state index in [1.165, 1.54) is 24.2 Å². The summed E-state index contributed by atoms with van der Waals surface area (Å²) in [5, 5.41) is 0. The second-order valence-corrected chi connectivity index (χ2v) is 8.81. The normalized spacial score (nSPS) is 36.3. The van der Waals surface area contributed by atoms with Gasteiger partial charge in [-0.2, -0.15) is 0 Å². The Hall–Kier alpha value is -3.35. The van der Waals surface area contributed by atoms with Crippen molar-refractivity contribution in [2.75, 3.05) is 26.9 Å². The molecule has 8 unspecified atom stereocenters. The van der Waals surface area contributed by atoms with Crippen LogP contribution in [0.25, 0.3) is 0 Å². The third-order valence-electron chi connectivity index (χ3n) is 6.94. The Morgan fingerprint density at radius 1 is 0.857 bits per heavy atom. The SMILES string of the molecule is C=CC1OC(/C=C\C2OC(C=C)C3C(=O)N(C[NH+]=C(N)N)C(=O)C23)C2C(=O)N(CCOC)C(=O)C12. The number of likely N-dealkylation sites (tertiary alicyclic amines) is 2. The summed E-state index contributed by atoms with van der Waals surface area (Å²) < 4.78 is 16.9. The number of fused-ring (bicyclic) bond motifs is 2. The molecule has 0 aromatic carbocycles. The van der Waals surface area contributed by atoms with Crippen molar-refractivity contribution in [3.8, 4) is 0 Å². The summed E-state index contributed by atoms with van der Waals surface area (Å²) in [6, 6.07) is 0. The Morgan fingerprint density at radius 3 is 1.69 bits per heavy atom. The summed E-state index contributed by atoms with van der Waals surface area (Å²) >= 11 is 0. The highest BCUT2D eigenvalue weighted by Crippen LogP contribution is 2.44. The van der Waals surface area contributed by atoms with E-state index < -0.39 is 59.9 Å². The highest BCUT2D eigenvalue weighted by Gasteiger charge is 2.60. The Labute approximate surface area is 202 Å². The molecule has 4 rings (SSSR count). The molecule has 4 aliphatic rings. The number of guanidine groups is 1. The lowest BCUT2D eigenvalue weighted by atomic mass is 9.87. The molecule has 8 atom stereocenters. The Morgan fingerprint density at radius 2 is 1.29 bits per heavy atom. The van der Waals surface area contributed by atoms with Crippen molar-refractivity contribution in [3.63, 3.8) is 0 Å². The van der Waals surface area contributed by atoms with Crippen LogP contribution in [0.5, 0.6) is 0 Å². The molecule has 0 bridgehead atoms. The van der Waals surface area contributed by atoms with Crippen LogP contribution in [0.4, 0.5) is 0 Å². The van der Waals surface area contributed by atoms with Crippen molar-refractivity contribution in [2.24, 2.45) is 35.1 Å². The number of carbonyl (C=O) groups excluding carboxylic acids is 4. The first-order valence-corrected chi connectivity index (χ1v) is 11.3. The summed E-state index contributed by atoms with van der Waals surface area (Å²) in [6.07, 6.45) is 3.45. The van der Waals surface area contributed by atoms with Gasteiger partial charge in [0.1, 0.15) is 6.67 Å². The number of ether oxygens (including phenoxy) is 3. The van der Waals surface area contributed by atoms with Crippen LogP contribution in [0.15, 0.2) is 37.5 Å². The predicted octanol–water partition coefficient (Wildman–Crippen LogP) is -3.39. The van der Waals surface area contributed by atoms with Crippen LogP contribution < -0.4 is 16.5 Å². The number of carbonyl (C=O) groups is 4. The Bertz CT molecular complexity index is 1010. The van der Waals surface area contributed by atoms with Gasteiger partial charge in [0.25, 0.3) is 0 Å². The van der Waals surface area contributed by atoms with E-state index in [1.54, 1.807) is 12.2 Å². The first kappa shape index (κ1) is 24.8. The highest BCUT2D eigenvalue weighted by molar-refractivity contribution is 6.07. The molecular weight excluding hydrogens is 458 g/mol. The number of nitrogens with one attached hydrogen (secondary N) is 1. The van der Waals surface area contributed by atoms with Crippen molar-refractivity contribution >= 4 is 29.6 Å². The van der Waals surface area contributed by atoms with E-state index in [9.17, 15) is 19.2 Å². The molecule has 0 aromatic heterocycles.